The average Bonchev–Trinajstić information content (AvgIpc) is 3.29. The molecule has 7 atom stereocenters. The molecule has 0 aromatic heterocycles. The first kappa shape index (κ1) is 30.3. The molecule has 2 heterocycles. The number of carboxylic acids is 1. The summed E-state index contributed by atoms with van der Waals surface area (Å²) in [7, 11) is 3.44. The van der Waals surface area contributed by atoms with Crippen LogP contribution in [-0.2, 0) is 54.8 Å². The highest BCUT2D eigenvalue weighted by atomic mass is 16.6. The third-order valence-electron chi connectivity index (χ3n) is 8.74. The Balaban J connectivity index is 1.52. The fraction of sp³-hybridized carbons (Fsp3) is 0.552. The normalized spacial score (nSPS) is 28.6. The second kappa shape index (κ2) is 10.8. The molecule has 2 N–H and O–H groups in total. The maximum atomic E-state index is 13.6. The fourth-order valence-electron chi connectivity index (χ4n) is 6.88. The van der Waals surface area contributed by atoms with Gasteiger partial charge in [-0.1, -0.05) is 6.07 Å². The van der Waals surface area contributed by atoms with Crippen molar-refractivity contribution in [3.63, 3.8) is 0 Å². The van der Waals surface area contributed by atoms with Crippen molar-refractivity contribution in [3.05, 3.63) is 35.1 Å². The van der Waals surface area contributed by atoms with Gasteiger partial charge in [0.05, 0.1) is 18.1 Å². The number of methoxy groups -OCH3 is 1. The van der Waals surface area contributed by atoms with E-state index in [0.717, 1.165) is 31.9 Å². The highest BCUT2D eigenvalue weighted by Crippen LogP contribution is 2.65. The maximum Gasteiger partial charge on any atom is 0.357 e. The Morgan fingerprint density at radius 3 is 2.30 bits per heavy atom. The SMILES string of the molecule is COc1ccc2c3c1O[C@H]1C(OC(=O)C(OC(C)=O)C(OC(C)=O)C(=O)OC(C)C(=O)O)=CC[C@@]4(O)[C@@H](C2)N(C)CC[C@]314. The predicted octanol–water partition coefficient (Wildman–Crippen LogP) is 0.396. The van der Waals surface area contributed by atoms with Crippen LogP contribution in [0.5, 0.6) is 11.5 Å². The summed E-state index contributed by atoms with van der Waals surface area (Å²) in [5, 5.41) is 21.5. The van der Waals surface area contributed by atoms with Crippen molar-refractivity contribution in [1.29, 1.82) is 0 Å². The van der Waals surface area contributed by atoms with Gasteiger partial charge in [0.15, 0.2) is 23.7 Å². The van der Waals surface area contributed by atoms with Crippen LogP contribution in [0.3, 0.4) is 0 Å². The molecule has 0 radical (unpaired) electrons. The third kappa shape index (κ3) is 4.68. The molecule has 2 aliphatic heterocycles. The first-order valence-electron chi connectivity index (χ1n) is 13.7. The molecule has 2 bridgehead atoms. The minimum absolute atomic E-state index is 0.00456. The van der Waals surface area contributed by atoms with Crippen molar-refractivity contribution in [3.8, 4) is 11.5 Å². The number of likely N-dealkylation sites (N-methyl/N-ethyl adjacent to an activating group) is 1. The number of rotatable bonds is 9. The lowest BCUT2D eigenvalue weighted by Gasteiger charge is -2.61. The number of nitrogens with zero attached hydrogens (tertiary/aromatic N) is 1. The number of esters is 4. The molecule has 0 amide bonds. The van der Waals surface area contributed by atoms with E-state index in [0.29, 0.717) is 30.9 Å². The molecule has 1 fully saturated rings. The first-order valence-corrected chi connectivity index (χ1v) is 13.7. The molecule has 14 heteroatoms. The van der Waals surface area contributed by atoms with Gasteiger partial charge < -0.3 is 43.5 Å². The van der Waals surface area contributed by atoms with Gasteiger partial charge in [-0.2, -0.15) is 0 Å². The molecule has 1 spiro atoms. The van der Waals surface area contributed by atoms with Gasteiger partial charge in [0.2, 0.25) is 12.2 Å². The van der Waals surface area contributed by atoms with Crippen LogP contribution in [0.2, 0.25) is 0 Å². The van der Waals surface area contributed by atoms with E-state index in [-0.39, 0.29) is 18.2 Å². The number of carboxylic acid groups (broad SMARTS) is 1. The van der Waals surface area contributed by atoms with Gasteiger partial charge in [0, 0.05) is 31.9 Å². The molecule has 0 saturated carbocycles. The number of hydrogen-bond acceptors (Lipinski definition) is 13. The first-order chi connectivity index (χ1) is 20.2. The second-order valence-electron chi connectivity index (χ2n) is 11.2. The van der Waals surface area contributed by atoms with Crippen LogP contribution in [0.1, 0.15) is 44.7 Å². The number of carbonyl (C=O) groups excluding carboxylic acids is 4. The summed E-state index contributed by atoms with van der Waals surface area (Å²) in [5.74, 6) is -5.44. The van der Waals surface area contributed by atoms with E-state index in [1.165, 1.54) is 13.2 Å². The van der Waals surface area contributed by atoms with Crippen LogP contribution >= 0.6 is 0 Å². The number of aliphatic hydroxyl groups is 1. The zero-order valence-corrected chi connectivity index (χ0v) is 24.3. The summed E-state index contributed by atoms with van der Waals surface area (Å²) in [6, 6.07) is 3.45. The van der Waals surface area contributed by atoms with Crippen LogP contribution < -0.4 is 9.47 Å². The van der Waals surface area contributed by atoms with Crippen LogP contribution in [0, 0.1) is 0 Å². The number of ether oxygens (including phenoxy) is 6. The van der Waals surface area contributed by atoms with E-state index in [4.69, 9.17) is 33.5 Å². The van der Waals surface area contributed by atoms with Gasteiger partial charge >= 0.3 is 29.8 Å². The van der Waals surface area contributed by atoms with Gasteiger partial charge in [0.1, 0.15) is 5.76 Å². The Morgan fingerprint density at radius 1 is 1.05 bits per heavy atom. The molecule has 4 aliphatic rings. The number of benzene rings is 1. The minimum Gasteiger partial charge on any atom is -0.493 e. The van der Waals surface area contributed by atoms with Crippen LogP contribution in [0.4, 0.5) is 0 Å². The molecule has 1 aromatic carbocycles. The van der Waals surface area contributed by atoms with Crippen molar-refractivity contribution in [2.24, 2.45) is 0 Å². The molecule has 1 aromatic rings. The van der Waals surface area contributed by atoms with E-state index in [9.17, 15) is 29.1 Å². The lowest BCUT2D eigenvalue weighted by molar-refractivity contribution is -0.194. The lowest BCUT2D eigenvalue weighted by atomic mass is 9.50. The number of carbonyl (C=O) groups is 5. The van der Waals surface area contributed by atoms with Gasteiger partial charge in [-0.05, 0) is 51.1 Å². The van der Waals surface area contributed by atoms with Gasteiger partial charge in [-0.25, -0.2) is 14.4 Å². The van der Waals surface area contributed by atoms with E-state index >= 15 is 0 Å². The molecule has 1 saturated heterocycles. The van der Waals surface area contributed by atoms with Crippen LogP contribution in [0.25, 0.3) is 0 Å². The topological polar surface area (TPSA) is 184 Å². The zero-order valence-electron chi connectivity index (χ0n) is 24.3. The third-order valence-corrected chi connectivity index (χ3v) is 8.74. The molecular formula is C29H33NO13. The Hall–Kier alpha value is -4.17. The highest BCUT2D eigenvalue weighted by Gasteiger charge is 2.72. The quantitative estimate of drug-likeness (QED) is 0.292. The van der Waals surface area contributed by atoms with Crippen molar-refractivity contribution in [1.82, 2.24) is 4.90 Å². The van der Waals surface area contributed by atoms with Crippen molar-refractivity contribution in [2.45, 2.75) is 81.5 Å². The van der Waals surface area contributed by atoms with E-state index in [1.54, 1.807) is 6.07 Å². The molecule has 232 valence electrons. The van der Waals surface area contributed by atoms with Crippen molar-refractivity contribution >= 4 is 29.8 Å². The Bertz CT molecular complexity index is 1420. The van der Waals surface area contributed by atoms with Crippen LogP contribution in [-0.4, -0.2) is 102 Å². The zero-order chi connectivity index (χ0) is 31.4. The van der Waals surface area contributed by atoms with Gasteiger partial charge in [-0.3, -0.25) is 9.59 Å². The summed E-state index contributed by atoms with van der Waals surface area (Å²) in [6.45, 7) is 3.56. The van der Waals surface area contributed by atoms with Crippen molar-refractivity contribution < 1.29 is 62.6 Å². The predicted molar refractivity (Wildman–Crippen MR) is 142 cm³/mol. The monoisotopic (exact) mass is 603 g/mol. The highest BCUT2D eigenvalue weighted by molar-refractivity contribution is 5.90. The Labute approximate surface area is 246 Å². The summed E-state index contributed by atoms with van der Waals surface area (Å²) in [5.41, 5.74) is -0.563. The Morgan fingerprint density at radius 2 is 1.70 bits per heavy atom. The lowest BCUT2D eigenvalue weighted by Crippen LogP contribution is -2.74. The smallest absolute Gasteiger partial charge is 0.357 e. The largest absolute Gasteiger partial charge is 0.493 e. The summed E-state index contributed by atoms with van der Waals surface area (Å²) < 4.78 is 32.6. The molecule has 43 heavy (non-hydrogen) atoms. The standard InChI is InChI=1S/C29H33NO13/c1-13(25(33)34)39-26(35)22(40-14(2)31)23(41-15(3)32)27(36)42-18-8-9-29(37)19-12-16-6-7-17(38-5)21-20(16)28(29,24(18)43-21)10-11-30(19)4/h6-8,13,19,22-24,37H,9-12H2,1-5H3,(H,33,34)/t13?,19-,22?,23?,24+,28+,29-/m1/s1. The van der Waals surface area contributed by atoms with Gasteiger partial charge in [0.25, 0.3) is 0 Å². The number of piperidine rings is 1. The average molecular weight is 604 g/mol. The molecular weight excluding hydrogens is 570 g/mol. The summed E-state index contributed by atoms with van der Waals surface area (Å²) in [4.78, 5) is 63.7. The van der Waals surface area contributed by atoms with E-state index < -0.39 is 65.3 Å². The molecule has 3 unspecified atom stereocenters. The summed E-state index contributed by atoms with van der Waals surface area (Å²) in [6.07, 6.45) is -4.37. The maximum absolute atomic E-state index is 13.6. The molecule has 5 rings (SSSR count). The molecule has 2 aliphatic carbocycles. The van der Waals surface area contributed by atoms with Gasteiger partial charge in [-0.15, -0.1) is 0 Å². The van der Waals surface area contributed by atoms with E-state index in [1.807, 2.05) is 13.1 Å². The Kier molecular flexibility index (Phi) is 7.63. The number of likely N-dealkylation sites (tertiary alicyclic amines) is 1. The van der Waals surface area contributed by atoms with E-state index in [2.05, 4.69) is 4.90 Å². The molecule has 14 nitrogen and oxygen atoms in total. The second-order valence-corrected chi connectivity index (χ2v) is 11.2. The summed E-state index contributed by atoms with van der Waals surface area (Å²) >= 11 is 0. The minimum atomic E-state index is -2.18. The number of hydrogen-bond donors (Lipinski definition) is 2. The van der Waals surface area contributed by atoms with Crippen LogP contribution in [0.15, 0.2) is 24.0 Å². The number of aliphatic carboxylic acids is 1. The van der Waals surface area contributed by atoms with Crippen molar-refractivity contribution in [2.75, 3.05) is 20.7 Å². The fourth-order valence-corrected chi connectivity index (χ4v) is 6.88.